The van der Waals surface area contributed by atoms with Crippen LogP contribution in [0.3, 0.4) is 0 Å². The zero-order chi connectivity index (χ0) is 17.1. The molecule has 0 unspecified atom stereocenters. The van der Waals surface area contributed by atoms with Crippen LogP contribution in [0.1, 0.15) is 18.2 Å². The number of carbonyl (C=O) groups excluding carboxylic acids is 1. The van der Waals surface area contributed by atoms with Gasteiger partial charge >= 0.3 is 0 Å². The summed E-state index contributed by atoms with van der Waals surface area (Å²) in [5, 5.41) is 3.27. The lowest BCUT2D eigenvalue weighted by Gasteiger charge is -2.05. The van der Waals surface area contributed by atoms with Crippen molar-refractivity contribution in [3.63, 3.8) is 0 Å². The average Bonchev–Trinajstić information content (AvgIpc) is 2.95. The molecule has 3 rings (SSSR count). The van der Waals surface area contributed by atoms with Gasteiger partial charge in [-0.2, -0.15) is 0 Å². The Morgan fingerprint density at radius 1 is 1.25 bits per heavy atom. The molecule has 124 valence electrons. The number of benzene rings is 1. The number of fused-ring (bicyclic) bond motifs is 1. The number of aromatic amines is 2. The van der Waals surface area contributed by atoms with E-state index in [2.05, 4.69) is 27.2 Å². The van der Waals surface area contributed by atoms with E-state index in [1.807, 2.05) is 37.3 Å². The van der Waals surface area contributed by atoms with Gasteiger partial charge in [-0.05, 0) is 37.1 Å². The van der Waals surface area contributed by atoms with E-state index in [4.69, 9.17) is 0 Å². The van der Waals surface area contributed by atoms with Crippen molar-refractivity contribution in [2.75, 3.05) is 11.1 Å². The molecule has 0 fully saturated rings. The van der Waals surface area contributed by atoms with Crippen molar-refractivity contribution in [2.24, 2.45) is 0 Å². The topological polar surface area (TPSA) is 90.6 Å². The lowest BCUT2D eigenvalue weighted by atomic mass is 10.1. The van der Waals surface area contributed by atoms with Crippen LogP contribution in [0.2, 0.25) is 0 Å². The Bertz CT molecular complexity index is 928. The summed E-state index contributed by atoms with van der Waals surface area (Å²) in [6.07, 6.45) is 0.963. The van der Waals surface area contributed by atoms with Crippen molar-refractivity contribution in [2.45, 2.75) is 25.4 Å². The average molecular weight is 342 g/mol. The summed E-state index contributed by atoms with van der Waals surface area (Å²) >= 11 is 1.20. The van der Waals surface area contributed by atoms with Crippen molar-refractivity contribution in [3.05, 3.63) is 51.9 Å². The van der Waals surface area contributed by atoms with Crippen molar-refractivity contribution in [1.29, 1.82) is 0 Å². The van der Waals surface area contributed by atoms with Gasteiger partial charge in [0, 0.05) is 11.4 Å². The molecule has 0 atom stereocenters. The van der Waals surface area contributed by atoms with Gasteiger partial charge in [-0.15, -0.1) is 0 Å². The number of nitrogens with one attached hydrogen (secondary N) is 3. The monoisotopic (exact) mass is 342 g/mol. The Kier molecular flexibility index (Phi) is 4.71. The fourth-order valence-electron chi connectivity index (χ4n) is 2.36. The van der Waals surface area contributed by atoms with Crippen molar-refractivity contribution >= 4 is 34.4 Å². The molecule has 6 nitrogen and oxygen atoms in total. The summed E-state index contributed by atoms with van der Waals surface area (Å²) in [5.41, 5.74) is 3.69. The number of thioether (sulfide) groups is 1. The van der Waals surface area contributed by atoms with E-state index in [9.17, 15) is 9.59 Å². The Morgan fingerprint density at radius 3 is 2.71 bits per heavy atom. The van der Waals surface area contributed by atoms with Crippen molar-refractivity contribution in [3.8, 4) is 0 Å². The first-order chi connectivity index (χ1) is 11.5. The van der Waals surface area contributed by atoms with Crippen LogP contribution in [-0.4, -0.2) is 26.6 Å². The molecule has 1 aromatic carbocycles. The van der Waals surface area contributed by atoms with Crippen LogP contribution in [0.5, 0.6) is 0 Å². The van der Waals surface area contributed by atoms with Crippen molar-refractivity contribution < 1.29 is 4.79 Å². The van der Waals surface area contributed by atoms with Crippen LogP contribution in [-0.2, 0) is 11.2 Å². The molecule has 0 bridgehead atoms. The summed E-state index contributed by atoms with van der Waals surface area (Å²) in [6, 6.07) is 9.56. The van der Waals surface area contributed by atoms with Crippen LogP contribution in [0, 0.1) is 6.92 Å². The Balaban J connectivity index is 1.64. The van der Waals surface area contributed by atoms with E-state index in [1.54, 1.807) is 0 Å². The zero-order valence-electron chi connectivity index (χ0n) is 13.5. The molecule has 0 saturated carbocycles. The normalized spacial score (nSPS) is 10.9. The summed E-state index contributed by atoms with van der Waals surface area (Å²) in [7, 11) is 0. The molecule has 0 spiro atoms. The molecular weight excluding hydrogens is 324 g/mol. The predicted octanol–water partition coefficient (Wildman–Crippen LogP) is 2.85. The molecule has 2 aromatic heterocycles. The Labute approximate surface area is 143 Å². The third-order valence-corrected chi connectivity index (χ3v) is 4.46. The van der Waals surface area contributed by atoms with Crippen molar-refractivity contribution in [1.82, 2.24) is 15.0 Å². The molecular formula is C17H18N4O2S. The molecule has 0 saturated heterocycles. The van der Waals surface area contributed by atoms with Gasteiger partial charge in [-0.25, -0.2) is 4.98 Å². The minimum atomic E-state index is -0.230. The van der Waals surface area contributed by atoms with Gasteiger partial charge in [0.05, 0.1) is 11.3 Å². The number of nitrogens with zero attached hydrogens (tertiary/aromatic N) is 1. The lowest BCUT2D eigenvalue weighted by Crippen LogP contribution is -2.15. The maximum Gasteiger partial charge on any atom is 0.275 e. The quantitative estimate of drug-likeness (QED) is 0.491. The van der Waals surface area contributed by atoms with Crippen LogP contribution in [0.4, 0.5) is 5.69 Å². The van der Waals surface area contributed by atoms with Crippen LogP contribution < -0.4 is 10.9 Å². The highest BCUT2D eigenvalue weighted by molar-refractivity contribution is 7.99. The summed E-state index contributed by atoms with van der Waals surface area (Å²) in [6.45, 7) is 3.95. The molecule has 0 aliphatic carbocycles. The van der Waals surface area contributed by atoms with Gasteiger partial charge in [0.1, 0.15) is 5.52 Å². The first kappa shape index (κ1) is 16.3. The summed E-state index contributed by atoms with van der Waals surface area (Å²) in [4.78, 5) is 34.0. The van der Waals surface area contributed by atoms with Gasteiger partial charge in [0.15, 0.2) is 5.16 Å². The second-order valence-electron chi connectivity index (χ2n) is 5.47. The first-order valence-corrected chi connectivity index (χ1v) is 8.65. The summed E-state index contributed by atoms with van der Waals surface area (Å²) in [5.74, 6) is 0.0325. The smallest absolute Gasteiger partial charge is 0.275 e. The molecule has 0 aliphatic rings. The maximum atomic E-state index is 12.0. The molecule has 0 aliphatic heterocycles. The van der Waals surface area contributed by atoms with Gasteiger partial charge < -0.3 is 10.3 Å². The summed E-state index contributed by atoms with van der Waals surface area (Å²) < 4.78 is 0. The fourth-order valence-corrected chi connectivity index (χ4v) is 3.02. The van der Waals surface area contributed by atoms with E-state index < -0.39 is 0 Å². The number of rotatable bonds is 5. The largest absolute Gasteiger partial charge is 0.353 e. The molecule has 3 aromatic rings. The standard InChI is InChI=1S/C17H18N4O2S/c1-3-11-4-6-12(7-5-11)19-14(22)9-24-17-20-13-8-10(2)18-15(13)16(23)21-17/h4-8,18H,3,9H2,1-2H3,(H,19,22)(H,20,21,23). The first-order valence-electron chi connectivity index (χ1n) is 7.66. The Morgan fingerprint density at radius 2 is 2.00 bits per heavy atom. The number of carbonyl (C=O) groups is 1. The molecule has 2 heterocycles. The van der Waals surface area contributed by atoms with E-state index in [1.165, 1.54) is 17.3 Å². The number of anilines is 1. The number of H-pyrrole nitrogens is 2. The second-order valence-corrected chi connectivity index (χ2v) is 6.44. The maximum absolute atomic E-state index is 12.0. The zero-order valence-corrected chi connectivity index (χ0v) is 14.3. The van der Waals surface area contributed by atoms with E-state index in [0.717, 1.165) is 17.8 Å². The van der Waals surface area contributed by atoms with Gasteiger partial charge in [0.2, 0.25) is 5.91 Å². The number of aromatic nitrogens is 3. The fraction of sp³-hybridized carbons (Fsp3) is 0.235. The number of amides is 1. The van der Waals surface area contributed by atoms with E-state index >= 15 is 0 Å². The van der Waals surface area contributed by atoms with E-state index in [-0.39, 0.29) is 17.2 Å². The Hall–Kier alpha value is -2.54. The molecule has 0 radical (unpaired) electrons. The highest BCUT2D eigenvalue weighted by atomic mass is 32.2. The highest BCUT2D eigenvalue weighted by Crippen LogP contribution is 2.16. The number of aryl methyl sites for hydroxylation is 2. The molecule has 1 amide bonds. The lowest BCUT2D eigenvalue weighted by molar-refractivity contribution is -0.113. The van der Waals surface area contributed by atoms with Gasteiger partial charge in [-0.3, -0.25) is 14.6 Å². The number of hydrogen-bond acceptors (Lipinski definition) is 4. The third kappa shape index (κ3) is 3.68. The molecule has 24 heavy (non-hydrogen) atoms. The number of hydrogen-bond donors (Lipinski definition) is 3. The van der Waals surface area contributed by atoms with Crippen LogP contribution in [0.25, 0.3) is 11.0 Å². The van der Waals surface area contributed by atoms with Gasteiger partial charge in [-0.1, -0.05) is 30.8 Å². The minimum absolute atomic E-state index is 0.141. The van der Waals surface area contributed by atoms with Crippen LogP contribution >= 0.6 is 11.8 Å². The minimum Gasteiger partial charge on any atom is -0.353 e. The SMILES string of the molecule is CCc1ccc(NC(=O)CSc2nc3cc(C)[nH]c3c(=O)[nH]2)cc1. The third-order valence-electron chi connectivity index (χ3n) is 3.59. The second kappa shape index (κ2) is 6.92. The van der Waals surface area contributed by atoms with E-state index in [0.29, 0.717) is 16.2 Å². The highest BCUT2D eigenvalue weighted by Gasteiger charge is 2.09. The van der Waals surface area contributed by atoms with Crippen LogP contribution in [0.15, 0.2) is 40.3 Å². The predicted molar refractivity (Wildman–Crippen MR) is 96.6 cm³/mol. The molecule has 3 N–H and O–H groups in total. The van der Waals surface area contributed by atoms with Gasteiger partial charge in [0.25, 0.3) is 5.56 Å². The molecule has 7 heteroatoms.